The zero-order valence-electron chi connectivity index (χ0n) is 10.6. The first-order valence-corrected chi connectivity index (χ1v) is 6.00. The predicted molar refractivity (Wildman–Crippen MR) is 67.2 cm³/mol. The average molecular weight is 233 g/mol. The first kappa shape index (κ1) is 12.1. The van der Waals surface area contributed by atoms with Crippen LogP contribution < -0.4 is 5.32 Å². The molecule has 92 valence electrons. The fourth-order valence-electron chi connectivity index (χ4n) is 1.78. The van der Waals surface area contributed by atoms with Crippen LogP contribution in [-0.2, 0) is 4.74 Å². The van der Waals surface area contributed by atoms with Crippen molar-refractivity contribution in [2.45, 2.75) is 32.3 Å². The summed E-state index contributed by atoms with van der Waals surface area (Å²) in [6.45, 7) is 7.63. The topological polar surface area (TPSA) is 38.3 Å². The Bertz CT molecular complexity index is 416. The Labute approximate surface area is 102 Å². The van der Waals surface area contributed by atoms with E-state index in [1.54, 1.807) is 0 Å². The molecule has 1 N–H and O–H groups in total. The third kappa shape index (κ3) is 3.07. The highest BCUT2D eigenvalue weighted by molar-refractivity contribution is 5.89. The van der Waals surface area contributed by atoms with Gasteiger partial charge in [-0.05, 0) is 38.5 Å². The Hall–Kier alpha value is -1.35. The molecule has 0 aliphatic carbocycles. The smallest absolute Gasteiger partial charge is 0.338 e. The zero-order chi connectivity index (χ0) is 12.5. The molecule has 0 saturated carbocycles. The van der Waals surface area contributed by atoms with E-state index >= 15 is 0 Å². The lowest BCUT2D eigenvalue weighted by atomic mass is 9.92. The quantitative estimate of drug-likeness (QED) is 0.797. The van der Waals surface area contributed by atoms with Crippen molar-refractivity contribution in [1.82, 2.24) is 5.32 Å². The van der Waals surface area contributed by atoms with Gasteiger partial charge in [-0.15, -0.1) is 0 Å². The van der Waals surface area contributed by atoms with Crippen molar-refractivity contribution in [3.63, 3.8) is 0 Å². The van der Waals surface area contributed by atoms with E-state index in [1.165, 1.54) is 5.56 Å². The van der Waals surface area contributed by atoms with Gasteiger partial charge in [-0.1, -0.05) is 12.1 Å². The van der Waals surface area contributed by atoms with Crippen LogP contribution in [0.4, 0.5) is 0 Å². The van der Waals surface area contributed by atoms with E-state index in [0.29, 0.717) is 11.5 Å². The summed E-state index contributed by atoms with van der Waals surface area (Å²) >= 11 is 0. The molecule has 1 fully saturated rings. The second-order valence-corrected chi connectivity index (χ2v) is 5.48. The normalized spacial score (nSPS) is 16.4. The number of ether oxygens (including phenoxy) is 1. The maximum Gasteiger partial charge on any atom is 0.338 e. The second kappa shape index (κ2) is 4.49. The van der Waals surface area contributed by atoms with Crippen molar-refractivity contribution >= 4 is 5.97 Å². The number of benzene rings is 1. The van der Waals surface area contributed by atoms with Crippen LogP contribution in [0.25, 0.3) is 0 Å². The second-order valence-electron chi connectivity index (χ2n) is 5.48. The first-order chi connectivity index (χ1) is 7.96. The monoisotopic (exact) mass is 233 g/mol. The maximum absolute atomic E-state index is 11.9. The summed E-state index contributed by atoms with van der Waals surface area (Å²) in [4.78, 5) is 11.9. The lowest BCUT2D eigenvalue weighted by Gasteiger charge is -2.28. The van der Waals surface area contributed by atoms with Crippen LogP contribution in [0.15, 0.2) is 24.3 Å². The minimum atomic E-state index is -0.439. The highest BCUT2D eigenvalue weighted by atomic mass is 16.6. The van der Waals surface area contributed by atoms with E-state index in [2.05, 4.69) is 11.4 Å². The van der Waals surface area contributed by atoms with Crippen LogP contribution >= 0.6 is 0 Å². The molecule has 3 heteroatoms. The first-order valence-electron chi connectivity index (χ1n) is 6.00. The van der Waals surface area contributed by atoms with Gasteiger partial charge in [-0.25, -0.2) is 4.79 Å². The number of esters is 1. The molecular weight excluding hydrogens is 214 g/mol. The summed E-state index contributed by atoms with van der Waals surface area (Å²) < 4.78 is 5.36. The summed E-state index contributed by atoms with van der Waals surface area (Å²) in [7, 11) is 0. The number of carbonyl (C=O) groups excluding carboxylic acids is 1. The van der Waals surface area contributed by atoms with Crippen molar-refractivity contribution in [2.24, 2.45) is 0 Å². The predicted octanol–water partition coefficient (Wildman–Crippen LogP) is 2.33. The Morgan fingerprint density at radius 1 is 1.35 bits per heavy atom. The van der Waals surface area contributed by atoms with Crippen LogP contribution in [-0.4, -0.2) is 24.7 Å². The summed E-state index contributed by atoms with van der Waals surface area (Å²) in [6.07, 6.45) is 0. The molecule has 17 heavy (non-hydrogen) atoms. The minimum Gasteiger partial charge on any atom is -0.456 e. The SMILES string of the molecule is CC(C)(C)OC(=O)c1cccc(C2CNC2)c1. The molecule has 0 unspecified atom stereocenters. The molecule has 3 nitrogen and oxygen atoms in total. The molecule has 0 atom stereocenters. The van der Waals surface area contributed by atoms with Crippen molar-refractivity contribution < 1.29 is 9.53 Å². The van der Waals surface area contributed by atoms with Crippen molar-refractivity contribution in [3.05, 3.63) is 35.4 Å². The number of hydrogen-bond acceptors (Lipinski definition) is 3. The molecule has 1 aromatic rings. The fourth-order valence-corrected chi connectivity index (χ4v) is 1.78. The number of hydrogen-bond donors (Lipinski definition) is 1. The molecule has 1 aromatic carbocycles. The van der Waals surface area contributed by atoms with Gasteiger partial charge >= 0.3 is 5.97 Å². The van der Waals surface area contributed by atoms with E-state index in [4.69, 9.17) is 4.74 Å². The molecular formula is C14H19NO2. The van der Waals surface area contributed by atoms with E-state index in [1.807, 2.05) is 39.0 Å². The van der Waals surface area contributed by atoms with Gasteiger partial charge in [0.05, 0.1) is 5.56 Å². The maximum atomic E-state index is 11.9. The Balaban J connectivity index is 2.12. The number of nitrogens with one attached hydrogen (secondary N) is 1. The highest BCUT2D eigenvalue weighted by Crippen LogP contribution is 2.21. The molecule has 1 heterocycles. The zero-order valence-corrected chi connectivity index (χ0v) is 10.6. The Kier molecular flexibility index (Phi) is 3.20. The molecule has 1 saturated heterocycles. The highest BCUT2D eigenvalue weighted by Gasteiger charge is 2.21. The van der Waals surface area contributed by atoms with Gasteiger partial charge in [0, 0.05) is 19.0 Å². The average Bonchev–Trinajstić information content (AvgIpc) is 2.12. The van der Waals surface area contributed by atoms with E-state index in [-0.39, 0.29) is 5.97 Å². The van der Waals surface area contributed by atoms with E-state index < -0.39 is 5.60 Å². The van der Waals surface area contributed by atoms with Crippen LogP contribution in [0.2, 0.25) is 0 Å². The van der Waals surface area contributed by atoms with Crippen LogP contribution in [0.5, 0.6) is 0 Å². The third-order valence-electron chi connectivity index (χ3n) is 2.77. The molecule has 0 radical (unpaired) electrons. The molecule has 0 amide bonds. The third-order valence-corrected chi connectivity index (χ3v) is 2.77. The van der Waals surface area contributed by atoms with Crippen LogP contribution in [0, 0.1) is 0 Å². The summed E-state index contributed by atoms with van der Waals surface area (Å²) in [5.41, 5.74) is 1.42. The van der Waals surface area contributed by atoms with Gasteiger partial charge < -0.3 is 10.1 Å². The van der Waals surface area contributed by atoms with Crippen molar-refractivity contribution in [1.29, 1.82) is 0 Å². The standard InChI is InChI=1S/C14H19NO2/c1-14(2,3)17-13(16)11-6-4-5-10(7-11)12-8-15-9-12/h4-7,12,15H,8-9H2,1-3H3. The van der Waals surface area contributed by atoms with Gasteiger partial charge in [0.15, 0.2) is 0 Å². The van der Waals surface area contributed by atoms with E-state index in [9.17, 15) is 4.79 Å². The molecule has 0 spiro atoms. The summed E-state index contributed by atoms with van der Waals surface area (Å²) in [5.74, 6) is 0.295. The fraction of sp³-hybridized carbons (Fsp3) is 0.500. The number of rotatable bonds is 2. The molecule has 0 aromatic heterocycles. The Morgan fingerprint density at radius 2 is 2.06 bits per heavy atom. The van der Waals surface area contributed by atoms with Crippen molar-refractivity contribution in [2.75, 3.05) is 13.1 Å². The number of carbonyl (C=O) groups is 1. The van der Waals surface area contributed by atoms with Gasteiger partial charge in [0.1, 0.15) is 5.60 Å². The largest absolute Gasteiger partial charge is 0.456 e. The van der Waals surface area contributed by atoms with Crippen LogP contribution in [0.1, 0.15) is 42.6 Å². The molecule has 0 bridgehead atoms. The molecule has 1 aliphatic heterocycles. The van der Waals surface area contributed by atoms with Gasteiger partial charge in [-0.2, -0.15) is 0 Å². The van der Waals surface area contributed by atoms with Gasteiger partial charge in [-0.3, -0.25) is 0 Å². The molecule has 1 aliphatic rings. The Morgan fingerprint density at radius 3 is 2.59 bits per heavy atom. The minimum absolute atomic E-state index is 0.244. The summed E-state index contributed by atoms with van der Waals surface area (Å²) in [5, 5.41) is 3.23. The lowest BCUT2D eigenvalue weighted by molar-refractivity contribution is 0.00694. The lowest BCUT2D eigenvalue weighted by Crippen LogP contribution is -2.39. The summed E-state index contributed by atoms with van der Waals surface area (Å²) in [6, 6.07) is 7.75. The van der Waals surface area contributed by atoms with Crippen LogP contribution in [0.3, 0.4) is 0 Å². The van der Waals surface area contributed by atoms with Crippen molar-refractivity contribution in [3.8, 4) is 0 Å². The molecule has 2 rings (SSSR count). The van der Waals surface area contributed by atoms with Gasteiger partial charge in [0.25, 0.3) is 0 Å². The van der Waals surface area contributed by atoms with Gasteiger partial charge in [0.2, 0.25) is 0 Å². The van der Waals surface area contributed by atoms with E-state index in [0.717, 1.165) is 13.1 Å².